The molecule has 1 aromatic heterocycles. The molecule has 3 aromatic rings. The highest BCUT2D eigenvalue weighted by molar-refractivity contribution is 7.91. The molecule has 1 saturated carbocycles. The molecule has 35 heavy (non-hydrogen) atoms. The number of pyridine rings is 1. The van der Waals surface area contributed by atoms with Crippen molar-refractivity contribution >= 4 is 9.84 Å². The molecule has 0 unspecified atom stereocenters. The Morgan fingerprint density at radius 3 is 2.34 bits per heavy atom. The van der Waals surface area contributed by atoms with Gasteiger partial charge in [-0.25, -0.2) is 8.42 Å². The lowest BCUT2D eigenvalue weighted by atomic mass is 9.92. The number of unbranched alkanes of at least 4 members (excludes halogenated alkanes) is 5. The van der Waals surface area contributed by atoms with E-state index in [9.17, 15) is 8.42 Å². The maximum absolute atomic E-state index is 12.3. The minimum Gasteiger partial charge on any atom is -0.395 e. The Labute approximate surface area is 210 Å². The van der Waals surface area contributed by atoms with Crippen LogP contribution in [-0.4, -0.2) is 30.9 Å². The van der Waals surface area contributed by atoms with Crippen LogP contribution in [0.25, 0.3) is 11.1 Å². The molecule has 0 spiro atoms. The summed E-state index contributed by atoms with van der Waals surface area (Å²) in [5.41, 5.74) is 6.16. The fourth-order valence-electron chi connectivity index (χ4n) is 5.00. The fourth-order valence-corrected chi connectivity index (χ4v) is 6.02. The molecule has 0 saturated heterocycles. The zero-order valence-corrected chi connectivity index (χ0v) is 21.5. The van der Waals surface area contributed by atoms with Gasteiger partial charge in [0.25, 0.3) is 0 Å². The summed E-state index contributed by atoms with van der Waals surface area (Å²) >= 11 is 0. The van der Waals surface area contributed by atoms with E-state index in [0.29, 0.717) is 11.8 Å². The minimum absolute atomic E-state index is 0.250. The van der Waals surface area contributed by atoms with E-state index in [1.54, 1.807) is 12.1 Å². The molecule has 1 aliphatic carbocycles. The topological polar surface area (TPSA) is 67.3 Å². The molecule has 1 fully saturated rings. The molecular weight excluding hydrogens is 454 g/mol. The molecular formula is C30H37NO3S. The normalized spacial score (nSPS) is 17.4. The van der Waals surface area contributed by atoms with Crippen molar-refractivity contribution in [1.82, 2.24) is 4.98 Å². The summed E-state index contributed by atoms with van der Waals surface area (Å²) in [4.78, 5) is 4.86. The Kier molecular flexibility index (Phi) is 8.74. The van der Waals surface area contributed by atoms with Gasteiger partial charge in [-0.15, -0.1) is 0 Å². The van der Waals surface area contributed by atoms with Gasteiger partial charge in [-0.2, -0.15) is 0 Å². The first-order chi connectivity index (χ1) is 17.0. The SMILES string of the molecule is CCCCCCCCc1ccc(-c2ccc(S(=O)(=O)CCO)cc2)cc1[C@@H]1C[C@@H]1c1ccccn1. The third-order valence-corrected chi connectivity index (χ3v) is 8.82. The second-order valence-corrected chi connectivity index (χ2v) is 11.8. The first-order valence-corrected chi connectivity index (χ1v) is 14.7. The highest BCUT2D eigenvalue weighted by Gasteiger charge is 2.41. The molecule has 0 radical (unpaired) electrons. The van der Waals surface area contributed by atoms with Gasteiger partial charge in [0.05, 0.1) is 17.3 Å². The zero-order valence-electron chi connectivity index (χ0n) is 20.7. The van der Waals surface area contributed by atoms with Gasteiger partial charge in [0.2, 0.25) is 0 Å². The maximum atomic E-state index is 12.3. The molecule has 4 nitrogen and oxygen atoms in total. The number of rotatable bonds is 13. The van der Waals surface area contributed by atoms with E-state index in [0.717, 1.165) is 24.0 Å². The summed E-state index contributed by atoms with van der Waals surface area (Å²) in [6.45, 7) is 1.88. The molecule has 186 valence electrons. The number of benzene rings is 2. The van der Waals surface area contributed by atoms with E-state index >= 15 is 0 Å². The zero-order chi connectivity index (χ0) is 24.7. The standard InChI is InChI=1S/C30H37NO3S/c1-2-3-4-5-6-7-10-24-12-13-25(23-14-16-26(17-15-23)35(33,34)20-19-32)21-27(24)28-22-29(28)30-11-8-9-18-31-30/h8-9,11-18,21,28-29,32H,2-7,10,19-20,22H2,1H3/t28-,29-/m0/s1. The number of aliphatic hydroxyl groups is 1. The number of hydrogen-bond donors (Lipinski definition) is 1. The number of aromatic nitrogens is 1. The lowest BCUT2D eigenvalue weighted by molar-refractivity contribution is 0.319. The summed E-state index contributed by atoms with van der Waals surface area (Å²) in [5.74, 6) is 0.713. The van der Waals surface area contributed by atoms with Crippen molar-refractivity contribution in [1.29, 1.82) is 0 Å². The first kappa shape index (κ1) is 25.6. The number of aryl methyl sites for hydroxylation is 1. The van der Waals surface area contributed by atoms with Crippen LogP contribution in [0.1, 0.15) is 80.5 Å². The Hall–Kier alpha value is -2.50. The molecule has 0 aliphatic heterocycles. The lowest BCUT2D eigenvalue weighted by Crippen LogP contribution is -2.09. The van der Waals surface area contributed by atoms with Crippen molar-refractivity contribution < 1.29 is 13.5 Å². The number of sulfone groups is 1. The largest absolute Gasteiger partial charge is 0.395 e. The van der Waals surface area contributed by atoms with Gasteiger partial charge in [0.1, 0.15) is 0 Å². The van der Waals surface area contributed by atoms with E-state index in [1.165, 1.54) is 55.3 Å². The molecule has 0 bridgehead atoms. The number of hydrogen-bond acceptors (Lipinski definition) is 4. The minimum atomic E-state index is -3.44. The predicted octanol–water partition coefficient (Wildman–Crippen LogP) is 6.69. The van der Waals surface area contributed by atoms with E-state index < -0.39 is 9.84 Å². The van der Waals surface area contributed by atoms with Crippen LogP contribution in [0.2, 0.25) is 0 Å². The van der Waals surface area contributed by atoms with E-state index in [-0.39, 0.29) is 17.3 Å². The third-order valence-electron chi connectivity index (χ3n) is 7.11. The Morgan fingerprint density at radius 2 is 1.63 bits per heavy atom. The molecule has 5 heteroatoms. The van der Waals surface area contributed by atoms with Crippen LogP contribution in [0.3, 0.4) is 0 Å². The van der Waals surface area contributed by atoms with Crippen LogP contribution in [0.4, 0.5) is 0 Å². The summed E-state index contributed by atoms with van der Waals surface area (Å²) in [7, 11) is -3.44. The van der Waals surface area contributed by atoms with Crippen molar-refractivity contribution in [3.8, 4) is 11.1 Å². The van der Waals surface area contributed by atoms with Crippen LogP contribution in [0, 0.1) is 0 Å². The molecule has 1 N–H and O–H groups in total. The van der Waals surface area contributed by atoms with Crippen molar-refractivity contribution in [3.63, 3.8) is 0 Å². The highest BCUT2D eigenvalue weighted by Crippen LogP contribution is 2.55. The molecule has 2 atom stereocenters. The van der Waals surface area contributed by atoms with E-state index in [4.69, 9.17) is 5.11 Å². The van der Waals surface area contributed by atoms with Crippen molar-refractivity contribution in [2.45, 2.75) is 75.0 Å². The quantitative estimate of drug-likeness (QED) is 0.271. The molecule has 1 heterocycles. The van der Waals surface area contributed by atoms with Gasteiger partial charge in [0.15, 0.2) is 9.84 Å². The van der Waals surface area contributed by atoms with Crippen molar-refractivity contribution in [3.05, 3.63) is 83.7 Å². The molecule has 1 aliphatic rings. The van der Waals surface area contributed by atoms with Crippen molar-refractivity contribution in [2.24, 2.45) is 0 Å². The summed E-state index contributed by atoms with van der Waals surface area (Å²) in [6, 6.07) is 20.0. The highest BCUT2D eigenvalue weighted by atomic mass is 32.2. The predicted molar refractivity (Wildman–Crippen MR) is 142 cm³/mol. The first-order valence-electron chi connectivity index (χ1n) is 13.0. The van der Waals surface area contributed by atoms with E-state index in [1.807, 2.05) is 24.4 Å². The molecule has 2 aromatic carbocycles. The van der Waals surface area contributed by atoms with Crippen LogP contribution in [0.15, 0.2) is 71.8 Å². The summed E-state index contributed by atoms with van der Waals surface area (Å²) in [6.07, 6.45) is 11.8. The smallest absolute Gasteiger partial charge is 0.180 e. The number of aliphatic hydroxyl groups excluding tert-OH is 1. The fraction of sp³-hybridized carbons (Fsp3) is 0.433. The van der Waals surface area contributed by atoms with E-state index in [2.05, 4.69) is 42.2 Å². The maximum Gasteiger partial charge on any atom is 0.180 e. The Morgan fingerprint density at radius 1 is 0.886 bits per heavy atom. The van der Waals surface area contributed by atoms with Crippen LogP contribution in [-0.2, 0) is 16.3 Å². The third kappa shape index (κ3) is 6.59. The summed E-state index contributed by atoms with van der Waals surface area (Å²) < 4.78 is 24.5. The van der Waals surface area contributed by atoms with Gasteiger partial charge in [-0.3, -0.25) is 4.98 Å². The number of nitrogens with zero attached hydrogens (tertiary/aromatic N) is 1. The van der Waals surface area contributed by atoms with Gasteiger partial charge in [-0.1, -0.05) is 75.4 Å². The van der Waals surface area contributed by atoms with Gasteiger partial charge in [0, 0.05) is 17.8 Å². The molecule has 0 amide bonds. The van der Waals surface area contributed by atoms with Crippen LogP contribution >= 0.6 is 0 Å². The second kappa shape index (κ2) is 12.0. The molecule has 4 rings (SSSR count). The van der Waals surface area contributed by atoms with Gasteiger partial charge >= 0.3 is 0 Å². The van der Waals surface area contributed by atoms with Gasteiger partial charge < -0.3 is 5.11 Å². The lowest BCUT2D eigenvalue weighted by Gasteiger charge is -2.13. The Balaban J connectivity index is 1.55. The average Bonchev–Trinajstić information content (AvgIpc) is 3.68. The van der Waals surface area contributed by atoms with Gasteiger partial charge in [-0.05, 0) is 71.7 Å². The monoisotopic (exact) mass is 491 g/mol. The van der Waals surface area contributed by atoms with Crippen LogP contribution in [0.5, 0.6) is 0 Å². The Bertz CT molecular complexity index is 1190. The second-order valence-electron chi connectivity index (χ2n) is 9.70. The average molecular weight is 492 g/mol. The summed E-state index contributed by atoms with van der Waals surface area (Å²) in [5, 5.41) is 9.05. The van der Waals surface area contributed by atoms with Crippen LogP contribution < -0.4 is 0 Å². The van der Waals surface area contributed by atoms with Crippen molar-refractivity contribution in [2.75, 3.05) is 12.4 Å².